The molecule has 4 amide bonds. The van der Waals surface area contributed by atoms with Crippen molar-refractivity contribution in [3.05, 3.63) is 0 Å². The molecule has 0 spiro atoms. The fraction of sp³-hybridized carbons (Fsp3) is 0.769. The van der Waals surface area contributed by atoms with Crippen LogP contribution in [-0.4, -0.2) is 59.1 Å². The van der Waals surface area contributed by atoms with Gasteiger partial charge in [0.1, 0.15) is 11.6 Å². The Labute approximate surface area is 118 Å². The van der Waals surface area contributed by atoms with E-state index in [1.54, 1.807) is 25.7 Å². The van der Waals surface area contributed by atoms with E-state index in [9.17, 15) is 14.4 Å². The molecule has 0 aromatic carbocycles. The number of nitrogens with zero attached hydrogens (tertiary/aromatic N) is 2. The summed E-state index contributed by atoms with van der Waals surface area (Å²) in [6.07, 6.45) is 1.07. The third kappa shape index (κ3) is 3.02. The van der Waals surface area contributed by atoms with Gasteiger partial charge in [-0.15, -0.1) is 0 Å². The number of carbonyl (C=O) groups is 3. The first-order valence-corrected chi connectivity index (χ1v) is 6.88. The zero-order valence-electron chi connectivity index (χ0n) is 12.1. The van der Waals surface area contributed by atoms with Gasteiger partial charge < -0.3 is 15.0 Å². The van der Waals surface area contributed by atoms with Crippen molar-refractivity contribution < 1.29 is 19.1 Å². The minimum Gasteiger partial charge on any atom is -0.444 e. The van der Waals surface area contributed by atoms with Crippen LogP contribution in [0.3, 0.4) is 0 Å². The number of amides is 4. The maximum atomic E-state index is 12.0. The fourth-order valence-corrected chi connectivity index (χ4v) is 2.47. The van der Waals surface area contributed by atoms with Crippen molar-refractivity contribution in [1.29, 1.82) is 0 Å². The van der Waals surface area contributed by atoms with E-state index in [4.69, 9.17) is 4.74 Å². The average molecular weight is 283 g/mol. The number of hydrogen-bond donors (Lipinski definition) is 1. The Bertz CT molecular complexity index is 408. The van der Waals surface area contributed by atoms with Gasteiger partial charge in [-0.3, -0.25) is 9.69 Å². The highest BCUT2D eigenvalue weighted by Gasteiger charge is 2.46. The van der Waals surface area contributed by atoms with Crippen LogP contribution in [0.5, 0.6) is 0 Å². The minimum atomic E-state index is -0.563. The summed E-state index contributed by atoms with van der Waals surface area (Å²) in [6, 6.07) is -0.535. The zero-order chi connectivity index (χ0) is 14.9. The number of hydrogen-bond acceptors (Lipinski definition) is 4. The summed E-state index contributed by atoms with van der Waals surface area (Å²) in [7, 11) is 0. The predicted molar refractivity (Wildman–Crippen MR) is 71.1 cm³/mol. The molecule has 2 fully saturated rings. The minimum absolute atomic E-state index is 0.154. The van der Waals surface area contributed by atoms with Crippen LogP contribution in [0.1, 0.15) is 33.6 Å². The number of urea groups is 1. The molecule has 0 aliphatic carbocycles. The first-order valence-electron chi connectivity index (χ1n) is 6.88. The van der Waals surface area contributed by atoms with E-state index in [-0.39, 0.29) is 31.1 Å². The van der Waals surface area contributed by atoms with Crippen molar-refractivity contribution in [2.75, 3.05) is 19.6 Å². The van der Waals surface area contributed by atoms with Gasteiger partial charge in [0.15, 0.2) is 0 Å². The standard InChI is InChI=1S/C13H21N3O4/c1-13(2,3)20-11(18)14-6-8-16-10(17)9-5-4-7-15(9)12(16)19/h9H,4-8H2,1-3H3,(H,14,18). The highest BCUT2D eigenvalue weighted by molar-refractivity contribution is 6.04. The van der Waals surface area contributed by atoms with Crippen molar-refractivity contribution in [1.82, 2.24) is 15.1 Å². The molecule has 0 aromatic rings. The molecule has 2 heterocycles. The fourth-order valence-electron chi connectivity index (χ4n) is 2.47. The van der Waals surface area contributed by atoms with Crippen LogP contribution in [0.2, 0.25) is 0 Å². The van der Waals surface area contributed by atoms with Gasteiger partial charge in [-0.25, -0.2) is 9.59 Å². The van der Waals surface area contributed by atoms with Crippen molar-refractivity contribution in [2.24, 2.45) is 0 Å². The van der Waals surface area contributed by atoms with Gasteiger partial charge in [0.25, 0.3) is 5.91 Å². The second kappa shape index (κ2) is 5.30. The maximum Gasteiger partial charge on any atom is 0.407 e. The van der Waals surface area contributed by atoms with Crippen molar-refractivity contribution in [3.8, 4) is 0 Å². The Hall–Kier alpha value is -1.79. The molecule has 7 nitrogen and oxygen atoms in total. The second-order valence-corrected chi connectivity index (χ2v) is 6.05. The molecule has 1 atom stereocenters. The molecule has 0 aromatic heterocycles. The molecule has 0 saturated carbocycles. The van der Waals surface area contributed by atoms with Crippen molar-refractivity contribution in [2.45, 2.75) is 45.3 Å². The molecule has 112 valence electrons. The Morgan fingerprint density at radius 2 is 2.10 bits per heavy atom. The largest absolute Gasteiger partial charge is 0.444 e. The maximum absolute atomic E-state index is 12.0. The smallest absolute Gasteiger partial charge is 0.407 e. The summed E-state index contributed by atoms with van der Waals surface area (Å²) in [5, 5.41) is 2.55. The Morgan fingerprint density at radius 1 is 1.40 bits per heavy atom. The van der Waals surface area contributed by atoms with Gasteiger partial charge in [-0.1, -0.05) is 0 Å². The van der Waals surface area contributed by atoms with Crippen molar-refractivity contribution in [3.63, 3.8) is 0 Å². The molecule has 2 saturated heterocycles. The van der Waals surface area contributed by atoms with Crippen LogP contribution in [0.4, 0.5) is 9.59 Å². The van der Waals surface area contributed by atoms with Gasteiger partial charge in [0.2, 0.25) is 0 Å². The number of rotatable bonds is 3. The van der Waals surface area contributed by atoms with Crippen molar-refractivity contribution >= 4 is 18.0 Å². The Balaban J connectivity index is 1.79. The SMILES string of the molecule is CC(C)(C)OC(=O)NCCN1C(=O)C2CCCN2C1=O. The van der Waals surface area contributed by atoms with Crippen LogP contribution in [0.25, 0.3) is 0 Å². The first-order chi connectivity index (χ1) is 9.29. The van der Waals surface area contributed by atoms with Crippen LogP contribution in [0, 0.1) is 0 Å². The monoisotopic (exact) mass is 283 g/mol. The van der Waals surface area contributed by atoms with Gasteiger partial charge >= 0.3 is 12.1 Å². The van der Waals surface area contributed by atoms with Crippen LogP contribution in [0.15, 0.2) is 0 Å². The lowest BCUT2D eigenvalue weighted by Crippen LogP contribution is -2.41. The molecule has 1 unspecified atom stereocenters. The molecule has 0 radical (unpaired) electrons. The third-order valence-electron chi connectivity index (χ3n) is 3.28. The van der Waals surface area contributed by atoms with E-state index < -0.39 is 11.7 Å². The molecule has 2 rings (SSSR count). The van der Waals surface area contributed by atoms with E-state index in [0.29, 0.717) is 6.54 Å². The molecule has 2 aliphatic heterocycles. The number of carbonyl (C=O) groups excluding carboxylic acids is 3. The van der Waals surface area contributed by atoms with E-state index >= 15 is 0 Å². The van der Waals surface area contributed by atoms with E-state index in [2.05, 4.69) is 5.32 Å². The van der Waals surface area contributed by atoms with E-state index in [1.807, 2.05) is 0 Å². The molecule has 0 bridgehead atoms. The molecule has 2 aliphatic rings. The second-order valence-electron chi connectivity index (χ2n) is 6.05. The Kier molecular flexibility index (Phi) is 3.87. The number of imide groups is 1. The van der Waals surface area contributed by atoms with Crippen LogP contribution in [-0.2, 0) is 9.53 Å². The molecule has 1 N–H and O–H groups in total. The molecule has 7 heteroatoms. The number of ether oxygens (including phenoxy) is 1. The first kappa shape index (κ1) is 14.6. The lowest BCUT2D eigenvalue weighted by Gasteiger charge is -2.20. The summed E-state index contributed by atoms with van der Waals surface area (Å²) in [5.41, 5.74) is -0.563. The van der Waals surface area contributed by atoms with Gasteiger partial charge in [0.05, 0.1) is 0 Å². The normalized spacial score (nSPS) is 22.2. The Morgan fingerprint density at radius 3 is 2.70 bits per heavy atom. The lowest BCUT2D eigenvalue weighted by atomic mass is 10.2. The lowest BCUT2D eigenvalue weighted by molar-refractivity contribution is -0.127. The van der Waals surface area contributed by atoms with Crippen LogP contribution < -0.4 is 5.32 Å². The van der Waals surface area contributed by atoms with Gasteiger partial charge in [-0.2, -0.15) is 0 Å². The quantitative estimate of drug-likeness (QED) is 0.782. The van der Waals surface area contributed by atoms with Gasteiger partial charge in [-0.05, 0) is 33.6 Å². The number of fused-ring (bicyclic) bond motifs is 1. The summed E-state index contributed by atoms with van der Waals surface area (Å²) in [6.45, 7) is 6.35. The summed E-state index contributed by atoms with van der Waals surface area (Å²) in [4.78, 5) is 38.3. The highest BCUT2D eigenvalue weighted by atomic mass is 16.6. The van der Waals surface area contributed by atoms with Crippen LogP contribution >= 0.6 is 0 Å². The highest BCUT2D eigenvalue weighted by Crippen LogP contribution is 2.26. The number of nitrogens with one attached hydrogen (secondary N) is 1. The molecular formula is C13H21N3O4. The molecule has 20 heavy (non-hydrogen) atoms. The summed E-state index contributed by atoms with van der Waals surface area (Å²) in [5.74, 6) is -0.154. The molecular weight excluding hydrogens is 262 g/mol. The summed E-state index contributed by atoms with van der Waals surface area (Å²) >= 11 is 0. The average Bonchev–Trinajstić information content (AvgIpc) is 2.86. The zero-order valence-corrected chi connectivity index (χ0v) is 12.1. The summed E-state index contributed by atoms with van der Waals surface area (Å²) < 4.78 is 5.08. The van der Waals surface area contributed by atoms with Gasteiger partial charge in [0, 0.05) is 19.6 Å². The topological polar surface area (TPSA) is 79.0 Å². The third-order valence-corrected chi connectivity index (χ3v) is 3.28. The van der Waals surface area contributed by atoms with E-state index in [1.165, 1.54) is 4.90 Å². The predicted octanol–water partition coefficient (Wildman–Crippen LogP) is 0.938. The number of alkyl carbamates (subject to hydrolysis) is 1. The van der Waals surface area contributed by atoms with E-state index in [0.717, 1.165) is 12.8 Å².